The zero-order chi connectivity index (χ0) is 25.2. The molecular weight excluding hydrogens is 450 g/mol. The molecule has 9 heteroatoms. The van der Waals surface area contributed by atoms with E-state index in [0.29, 0.717) is 19.6 Å². The second-order valence-electron chi connectivity index (χ2n) is 11.1. The Morgan fingerprint density at radius 1 is 1.09 bits per heavy atom. The highest BCUT2D eigenvalue weighted by Gasteiger charge is 2.72. The molecule has 2 heterocycles. The van der Waals surface area contributed by atoms with Gasteiger partial charge in [0.2, 0.25) is 5.91 Å². The van der Waals surface area contributed by atoms with Gasteiger partial charge in [-0.1, -0.05) is 11.6 Å². The molecule has 4 aliphatic rings. The van der Waals surface area contributed by atoms with E-state index in [1.165, 1.54) is 5.57 Å². The van der Waals surface area contributed by atoms with Crippen LogP contribution in [0.25, 0.3) is 0 Å². The topological polar surface area (TPSA) is 114 Å². The SMILES string of the molecule is CNCC(=O)NC1CCC(NC(=O)OC2CC[C@]3(CO3)C(C3(C)O[C@@H]3CC=C(C)C)C2OC)CC1. The zero-order valence-electron chi connectivity index (χ0n) is 21.9. The summed E-state index contributed by atoms with van der Waals surface area (Å²) in [6, 6.07) is 0.214. The van der Waals surface area contributed by atoms with Crippen LogP contribution in [0.1, 0.15) is 65.7 Å². The smallest absolute Gasteiger partial charge is 0.407 e. The van der Waals surface area contributed by atoms with E-state index in [9.17, 15) is 9.59 Å². The van der Waals surface area contributed by atoms with Gasteiger partial charge in [0.1, 0.15) is 23.4 Å². The number of epoxide rings is 2. The molecule has 9 nitrogen and oxygen atoms in total. The third kappa shape index (κ3) is 6.01. The van der Waals surface area contributed by atoms with Crippen molar-refractivity contribution < 1.29 is 28.5 Å². The molecule has 2 saturated carbocycles. The first-order chi connectivity index (χ1) is 16.7. The average Bonchev–Trinajstić information content (AvgIpc) is 3.72. The van der Waals surface area contributed by atoms with Crippen LogP contribution in [0.3, 0.4) is 0 Å². The van der Waals surface area contributed by atoms with Crippen LogP contribution in [-0.2, 0) is 23.7 Å². The summed E-state index contributed by atoms with van der Waals surface area (Å²) in [6.45, 7) is 7.36. The lowest BCUT2D eigenvalue weighted by Crippen LogP contribution is -2.56. The van der Waals surface area contributed by atoms with Gasteiger partial charge in [-0.05, 0) is 72.8 Å². The second-order valence-corrected chi connectivity index (χ2v) is 11.1. The van der Waals surface area contributed by atoms with Crippen molar-refractivity contribution in [2.45, 2.75) is 107 Å². The van der Waals surface area contributed by atoms with Gasteiger partial charge in [0, 0.05) is 19.2 Å². The van der Waals surface area contributed by atoms with E-state index in [0.717, 1.165) is 38.5 Å². The maximum absolute atomic E-state index is 12.8. The van der Waals surface area contributed by atoms with Crippen molar-refractivity contribution in [3.05, 3.63) is 11.6 Å². The minimum Gasteiger partial charge on any atom is -0.443 e. The van der Waals surface area contributed by atoms with Crippen LogP contribution in [0.4, 0.5) is 4.79 Å². The lowest BCUT2D eigenvalue weighted by Gasteiger charge is -2.42. The monoisotopic (exact) mass is 493 g/mol. The van der Waals surface area contributed by atoms with Crippen LogP contribution in [0.2, 0.25) is 0 Å². The van der Waals surface area contributed by atoms with Crippen molar-refractivity contribution in [3.8, 4) is 0 Å². The molecule has 0 aromatic carbocycles. The summed E-state index contributed by atoms with van der Waals surface area (Å²) in [7, 11) is 3.45. The van der Waals surface area contributed by atoms with Gasteiger partial charge in [0.05, 0.1) is 25.2 Å². The lowest BCUT2D eigenvalue weighted by molar-refractivity contribution is -0.121. The molecule has 4 rings (SSSR count). The molecule has 1 spiro atoms. The Balaban J connectivity index is 1.30. The molecular formula is C26H43N3O6. The zero-order valence-corrected chi connectivity index (χ0v) is 21.9. The minimum atomic E-state index is -0.394. The van der Waals surface area contributed by atoms with E-state index >= 15 is 0 Å². The van der Waals surface area contributed by atoms with Crippen molar-refractivity contribution in [1.82, 2.24) is 16.0 Å². The van der Waals surface area contributed by atoms with Gasteiger partial charge in [0.15, 0.2) is 0 Å². The number of alkyl carbamates (subject to hydrolysis) is 1. The predicted molar refractivity (Wildman–Crippen MR) is 131 cm³/mol. The van der Waals surface area contributed by atoms with Crippen LogP contribution in [-0.4, -0.2) is 80.9 Å². The number of carbonyl (C=O) groups is 2. The first kappa shape index (κ1) is 26.4. The molecule has 35 heavy (non-hydrogen) atoms. The first-order valence-electron chi connectivity index (χ1n) is 13.1. The number of nitrogens with one attached hydrogen (secondary N) is 3. The molecule has 4 fully saturated rings. The summed E-state index contributed by atoms with van der Waals surface area (Å²) < 4.78 is 24.1. The fourth-order valence-corrected chi connectivity index (χ4v) is 6.23. The Labute approximate surface area is 209 Å². The third-order valence-corrected chi connectivity index (χ3v) is 8.25. The highest BCUT2D eigenvalue weighted by Crippen LogP contribution is 2.59. The summed E-state index contributed by atoms with van der Waals surface area (Å²) >= 11 is 0. The van der Waals surface area contributed by atoms with Crippen molar-refractivity contribution >= 4 is 12.0 Å². The van der Waals surface area contributed by atoms with Gasteiger partial charge < -0.3 is 34.9 Å². The molecule has 0 radical (unpaired) electrons. The van der Waals surface area contributed by atoms with Gasteiger partial charge in [-0.2, -0.15) is 0 Å². The highest BCUT2D eigenvalue weighted by molar-refractivity contribution is 5.78. The third-order valence-electron chi connectivity index (χ3n) is 8.25. The van der Waals surface area contributed by atoms with E-state index in [2.05, 4.69) is 42.8 Å². The maximum Gasteiger partial charge on any atom is 0.407 e. The molecule has 0 aromatic heterocycles. The number of allylic oxidation sites excluding steroid dienone is 1. The van der Waals surface area contributed by atoms with Crippen molar-refractivity contribution in [3.63, 3.8) is 0 Å². The fraction of sp³-hybridized carbons (Fsp3) is 0.846. The Bertz CT molecular complexity index is 803. The van der Waals surface area contributed by atoms with Crippen LogP contribution >= 0.6 is 0 Å². The maximum atomic E-state index is 12.8. The average molecular weight is 494 g/mol. The quantitative estimate of drug-likeness (QED) is 0.334. The Kier molecular flexibility index (Phi) is 8.10. The number of methoxy groups -OCH3 is 1. The van der Waals surface area contributed by atoms with E-state index in [4.69, 9.17) is 18.9 Å². The summed E-state index contributed by atoms with van der Waals surface area (Å²) in [6.07, 6.45) is 7.04. The van der Waals surface area contributed by atoms with Crippen LogP contribution in [0.5, 0.6) is 0 Å². The van der Waals surface area contributed by atoms with E-state index in [-0.39, 0.29) is 53.4 Å². The molecule has 2 amide bonds. The molecule has 3 N–H and O–H groups in total. The number of hydrogen-bond donors (Lipinski definition) is 3. The molecule has 2 aliphatic heterocycles. The number of rotatable bonds is 9. The van der Waals surface area contributed by atoms with E-state index in [1.807, 2.05) is 0 Å². The Morgan fingerprint density at radius 3 is 2.31 bits per heavy atom. The summed E-state index contributed by atoms with van der Waals surface area (Å²) in [5.41, 5.74) is 0.693. The lowest BCUT2D eigenvalue weighted by atomic mass is 9.68. The summed E-state index contributed by atoms with van der Waals surface area (Å²) in [5.74, 6) is 0.0217. The van der Waals surface area contributed by atoms with Gasteiger partial charge in [0.25, 0.3) is 0 Å². The van der Waals surface area contributed by atoms with Gasteiger partial charge in [-0.25, -0.2) is 4.79 Å². The number of ether oxygens (including phenoxy) is 4. The number of hydrogen-bond acceptors (Lipinski definition) is 7. The van der Waals surface area contributed by atoms with Crippen molar-refractivity contribution in [2.75, 3.05) is 27.3 Å². The van der Waals surface area contributed by atoms with Crippen LogP contribution in [0, 0.1) is 5.92 Å². The Hall–Kier alpha value is -1.68. The molecule has 198 valence electrons. The van der Waals surface area contributed by atoms with Crippen molar-refractivity contribution in [2.24, 2.45) is 5.92 Å². The second kappa shape index (κ2) is 10.7. The molecule has 2 aliphatic carbocycles. The number of amides is 2. The van der Waals surface area contributed by atoms with Crippen LogP contribution < -0.4 is 16.0 Å². The van der Waals surface area contributed by atoms with Crippen molar-refractivity contribution in [1.29, 1.82) is 0 Å². The van der Waals surface area contributed by atoms with E-state index < -0.39 is 6.09 Å². The minimum absolute atomic E-state index is 0.00891. The number of carbonyl (C=O) groups excluding carboxylic acids is 2. The summed E-state index contributed by atoms with van der Waals surface area (Å²) in [4.78, 5) is 24.6. The summed E-state index contributed by atoms with van der Waals surface area (Å²) in [5, 5.41) is 8.95. The first-order valence-corrected chi connectivity index (χ1v) is 13.1. The van der Waals surface area contributed by atoms with E-state index in [1.54, 1.807) is 14.2 Å². The molecule has 6 atom stereocenters. The fourth-order valence-electron chi connectivity index (χ4n) is 6.23. The van der Waals surface area contributed by atoms with Gasteiger partial charge in [-0.3, -0.25) is 4.79 Å². The normalized spacial score (nSPS) is 40.0. The largest absolute Gasteiger partial charge is 0.443 e. The highest BCUT2D eigenvalue weighted by atomic mass is 16.6. The molecule has 0 bridgehead atoms. The number of likely N-dealkylation sites (N-methyl/N-ethyl adjacent to an activating group) is 1. The molecule has 0 aromatic rings. The predicted octanol–water partition coefficient (Wildman–Crippen LogP) is 2.44. The standard InChI is InChI=1S/C26H43N3O6/c1-16(2)6-11-20-25(3,35-20)23-22(32-5)19(12-13-26(23)15-33-26)34-24(31)29-18-9-7-17(8-10-18)28-21(30)14-27-4/h6,17-20,22-23,27H,7-15H2,1-5H3,(H,28,30)(H,29,31)/t17?,18?,19?,20-,22?,23?,25?,26+/m1/s1. The van der Waals surface area contributed by atoms with Crippen LogP contribution in [0.15, 0.2) is 11.6 Å². The molecule has 2 saturated heterocycles. The van der Waals surface area contributed by atoms with Gasteiger partial charge >= 0.3 is 6.09 Å². The Morgan fingerprint density at radius 2 is 1.74 bits per heavy atom. The van der Waals surface area contributed by atoms with Gasteiger partial charge in [-0.15, -0.1) is 0 Å². The molecule has 4 unspecified atom stereocenters.